The smallest absolute Gasteiger partial charge is 0.238 e. The van der Waals surface area contributed by atoms with Crippen molar-refractivity contribution in [2.45, 2.75) is 33.2 Å². The van der Waals surface area contributed by atoms with E-state index in [-0.39, 0.29) is 0 Å². The van der Waals surface area contributed by atoms with Crippen molar-refractivity contribution < 1.29 is 0 Å². The van der Waals surface area contributed by atoms with Crippen molar-refractivity contribution in [1.82, 2.24) is 15.0 Å². The lowest BCUT2D eigenvalue weighted by molar-refractivity contribution is 0.618. The van der Waals surface area contributed by atoms with Crippen LogP contribution in [0, 0.1) is 27.7 Å². The van der Waals surface area contributed by atoms with Gasteiger partial charge in [-0.25, -0.2) is 4.98 Å². The first kappa shape index (κ1) is 34.0. The van der Waals surface area contributed by atoms with Crippen LogP contribution >= 0.6 is 0 Å². The monoisotopic (exact) mass is 711 g/mol. The van der Waals surface area contributed by atoms with Crippen molar-refractivity contribution in [3.63, 3.8) is 0 Å². The van der Waals surface area contributed by atoms with Gasteiger partial charge in [-0.05, 0) is 93.9 Å². The van der Waals surface area contributed by atoms with E-state index in [2.05, 4.69) is 213 Å². The van der Waals surface area contributed by atoms with Crippen molar-refractivity contribution in [2.24, 2.45) is 0 Å². The molecule has 0 saturated carbocycles. The molecule has 0 N–H and O–H groups in total. The largest absolute Gasteiger partial charge is 0.323 e. The highest BCUT2D eigenvalue weighted by Gasteiger charge is 2.50. The van der Waals surface area contributed by atoms with E-state index in [0.717, 1.165) is 72.8 Å². The number of benzene rings is 7. The summed E-state index contributed by atoms with van der Waals surface area (Å²) < 4.78 is 0. The number of hydrogen-bond acceptors (Lipinski definition) is 5. The molecule has 0 amide bonds. The highest BCUT2D eigenvalue weighted by Crippen LogP contribution is 2.58. The predicted octanol–water partition coefficient (Wildman–Crippen LogP) is 12.4. The molecule has 9 rings (SSSR count). The molecule has 5 heteroatoms. The number of fused-ring (bicyclic) bond motifs is 2. The number of para-hydroxylation sites is 4. The van der Waals surface area contributed by atoms with E-state index in [1.165, 1.54) is 0 Å². The Morgan fingerprint density at radius 1 is 0.418 bits per heavy atom. The van der Waals surface area contributed by atoms with Gasteiger partial charge >= 0.3 is 0 Å². The number of aromatic nitrogens is 3. The Bertz CT molecular complexity index is 2460. The first-order valence-electron chi connectivity index (χ1n) is 18.8. The zero-order valence-electron chi connectivity index (χ0n) is 31.5. The number of hydrogen-bond donors (Lipinski definition) is 0. The Hall–Kier alpha value is -6.85. The maximum absolute atomic E-state index is 5.35. The molecule has 7 aromatic carbocycles. The number of rotatable bonds is 7. The first-order chi connectivity index (χ1) is 26.9. The van der Waals surface area contributed by atoms with Crippen LogP contribution in [0.25, 0.3) is 22.8 Å². The molecule has 0 saturated heterocycles. The minimum Gasteiger partial charge on any atom is -0.323 e. The second-order valence-corrected chi connectivity index (χ2v) is 14.5. The van der Waals surface area contributed by atoms with Crippen LogP contribution in [0.15, 0.2) is 176 Å². The van der Waals surface area contributed by atoms with Crippen LogP contribution in [0.5, 0.6) is 0 Å². The third-order valence-corrected chi connectivity index (χ3v) is 10.4. The summed E-state index contributed by atoms with van der Waals surface area (Å²) in [5.74, 6) is 1.83. The molecular weight excluding hydrogens is 671 g/mol. The standard InChI is InChI=1S/C50H41N5/c1-34-28-35(2)31-38(30-34)47-51-48(39-32-36(3)29-37(4)33-39)53-49(52-47)54-45-26-16-14-24-43(45)50(40-18-8-5-9-19-40,44-25-15-17-27-46(44)54)55(41-20-10-6-11-21-41)42-22-12-7-13-23-42/h5-33H,1-4H3. The van der Waals surface area contributed by atoms with Crippen LogP contribution < -0.4 is 9.80 Å². The predicted molar refractivity (Wildman–Crippen MR) is 226 cm³/mol. The highest BCUT2D eigenvalue weighted by atomic mass is 15.3. The Balaban J connectivity index is 1.38. The Morgan fingerprint density at radius 3 is 1.24 bits per heavy atom. The van der Waals surface area contributed by atoms with E-state index in [9.17, 15) is 0 Å². The van der Waals surface area contributed by atoms with Crippen LogP contribution in [-0.2, 0) is 5.54 Å². The lowest BCUT2D eigenvalue weighted by Crippen LogP contribution is -2.49. The minimum absolute atomic E-state index is 0.561. The Labute approximate surface area is 323 Å². The number of aryl methyl sites for hydroxylation is 4. The van der Waals surface area contributed by atoms with Crippen LogP contribution in [0.3, 0.4) is 0 Å². The number of nitrogens with zero attached hydrogens (tertiary/aromatic N) is 5. The van der Waals surface area contributed by atoms with Gasteiger partial charge in [-0.2, -0.15) is 9.97 Å². The van der Waals surface area contributed by atoms with Gasteiger partial charge in [0.05, 0.1) is 11.4 Å². The van der Waals surface area contributed by atoms with E-state index in [1.54, 1.807) is 0 Å². The van der Waals surface area contributed by atoms with Crippen molar-refractivity contribution in [3.05, 3.63) is 215 Å². The summed E-state index contributed by atoms with van der Waals surface area (Å²) in [6.07, 6.45) is 0. The fourth-order valence-electron chi connectivity index (χ4n) is 8.42. The average molecular weight is 712 g/mol. The Kier molecular flexibility index (Phi) is 8.55. The van der Waals surface area contributed by atoms with Gasteiger partial charge in [0.1, 0.15) is 5.54 Å². The van der Waals surface area contributed by atoms with Gasteiger partial charge in [0.25, 0.3) is 0 Å². The molecule has 55 heavy (non-hydrogen) atoms. The molecule has 2 heterocycles. The third-order valence-electron chi connectivity index (χ3n) is 10.4. The molecule has 1 aliphatic rings. The fourth-order valence-corrected chi connectivity index (χ4v) is 8.42. The maximum atomic E-state index is 5.35. The van der Waals surface area contributed by atoms with Crippen LogP contribution in [0.1, 0.15) is 38.9 Å². The summed E-state index contributed by atoms with van der Waals surface area (Å²) in [5.41, 5.74) is 13.3. The van der Waals surface area contributed by atoms with Gasteiger partial charge in [-0.1, -0.05) is 138 Å². The Morgan fingerprint density at radius 2 is 0.800 bits per heavy atom. The summed E-state index contributed by atoms with van der Waals surface area (Å²) in [4.78, 5) is 20.6. The molecule has 0 fully saturated rings. The molecule has 0 atom stereocenters. The van der Waals surface area contributed by atoms with Crippen LogP contribution in [0.2, 0.25) is 0 Å². The van der Waals surface area contributed by atoms with Crippen LogP contribution in [-0.4, -0.2) is 15.0 Å². The van der Waals surface area contributed by atoms with Crippen molar-refractivity contribution in [3.8, 4) is 22.8 Å². The average Bonchev–Trinajstić information content (AvgIpc) is 3.21. The quantitative estimate of drug-likeness (QED) is 0.165. The maximum Gasteiger partial charge on any atom is 0.238 e. The lowest BCUT2D eigenvalue weighted by atomic mass is 9.71. The molecular formula is C50H41N5. The van der Waals surface area contributed by atoms with Gasteiger partial charge < -0.3 is 4.90 Å². The second-order valence-electron chi connectivity index (χ2n) is 14.5. The zero-order valence-corrected chi connectivity index (χ0v) is 31.5. The van der Waals surface area contributed by atoms with Gasteiger partial charge in [-0.15, -0.1) is 0 Å². The molecule has 1 aliphatic heterocycles. The first-order valence-corrected chi connectivity index (χ1v) is 18.8. The second kappa shape index (κ2) is 13.9. The number of anilines is 5. The molecule has 266 valence electrons. The third kappa shape index (κ3) is 5.95. The fraction of sp³-hybridized carbons (Fsp3) is 0.100. The van der Waals surface area contributed by atoms with E-state index >= 15 is 0 Å². The van der Waals surface area contributed by atoms with E-state index in [1.807, 2.05) is 0 Å². The summed E-state index contributed by atoms with van der Waals surface area (Å²) in [7, 11) is 0. The molecule has 0 bridgehead atoms. The normalized spacial score (nSPS) is 12.8. The van der Waals surface area contributed by atoms with Crippen molar-refractivity contribution in [2.75, 3.05) is 9.80 Å². The van der Waals surface area contributed by atoms with Gasteiger partial charge in [0, 0.05) is 33.6 Å². The zero-order chi connectivity index (χ0) is 37.5. The molecule has 5 nitrogen and oxygen atoms in total. The van der Waals surface area contributed by atoms with Crippen LogP contribution in [0.4, 0.5) is 28.7 Å². The lowest BCUT2D eigenvalue weighted by Gasteiger charge is -2.52. The van der Waals surface area contributed by atoms with Gasteiger partial charge in [0.2, 0.25) is 5.95 Å². The summed E-state index contributed by atoms with van der Waals surface area (Å²) >= 11 is 0. The van der Waals surface area contributed by atoms with E-state index in [4.69, 9.17) is 15.0 Å². The minimum atomic E-state index is -0.798. The molecule has 0 spiro atoms. The molecule has 8 aromatic rings. The summed E-state index contributed by atoms with van der Waals surface area (Å²) in [6, 6.07) is 62.8. The molecule has 0 radical (unpaired) electrons. The van der Waals surface area contributed by atoms with E-state index in [0.29, 0.717) is 17.6 Å². The van der Waals surface area contributed by atoms with Crippen molar-refractivity contribution in [1.29, 1.82) is 0 Å². The molecule has 0 unspecified atom stereocenters. The van der Waals surface area contributed by atoms with Gasteiger partial charge in [0.15, 0.2) is 11.6 Å². The molecule has 1 aromatic heterocycles. The topological polar surface area (TPSA) is 45.2 Å². The van der Waals surface area contributed by atoms with Gasteiger partial charge in [-0.3, -0.25) is 4.90 Å². The summed E-state index contributed by atoms with van der Waals surface area (Å²) in [6.45, 7) is 8.48. The molecule has 0 aliphatic carbocycles. The summed E-state index contributed by atoms with van der Waals surface area (Å²) in [5, 5.41) is 0. The SMILES string of the molecule is Cc1cc(C)cc(-c2nc(-c3cc(C)cc(C)c3)nc(N3c4ccccc4C(c4ccccc4)(N(c4ccccc4)c4ccccc4)c4ccccc43)n2)c1. The highest BCUT2D eigenvalue weighted by molar-refractivity contribution is 5.90. The van der Waals surface area contributed by atoms with E-state index < -0.39 is 5.54 Å². The van der Waals surface area contributed by atoms with Crippen molar-refractivity contribution >= 4 is 28.7 Å².